The summed E-state index contributed by atoms with van der Waals surface area (Å²) in [5.74, 6) is -0.471. The Hall–Kier alpha value is -1.44. The molecule has 1 N–H and O–H groups in total. The van der Waals surface area contributed by atoms with Crippen LogP contribution in [0.25, 0.3) is 0 Å². The van der Waals surface area contributed by atoms with E-state index in [1.165, 1.54) is 11.8 Å². The van der Waals surface area contributed by atoms with Gasteiger partial charge in [0.25, 0.3) is 0 Å². The predicted molar refractivity (Wildman–Crippen MR) is 122 cm³/mol. The molecule has 0 radical (unpaired) electrons. The van der Waals surface area contributed by atoms with Crippen molar-refractivity contribution >= 4 is 86.5 Å². The molecule has 2 aromatic rings. The van der Waals surface area contributed by atoms with Gasteiger partial charge in [-0.2, -0.15) is 0 Å². The van der Waals surface area contributed by atoms with Gasteiger partial charge in [0.1, 0.15) is 5.25 Å². The van der Waals surface area contributed by atoms with Crippen molar-refractivity contribution in [2.24, 2.45) is 4.99 Å². The minimum Gasteiger partial charge on any atom is -0.326 e. The van der Waals surface area contributed by atoms with E-state index in [9.17, 15) is 9.59 Å². The third-order valence-corrected chi connectivity index (χ3v) is 6.69. The number of hydrogen-bond acceptors (Lipinski definition) is 4. The summed E-state index contributed by atoms with van der Waals surface area (Å²) in [6, 6.07) is 9.77. The van der Waals surface area contributed by atoms with Crippen molar-refractivity contribution in [1.82, 2.24) is 4.90 Å². The summed E-state index contributed by atoms with van der Waals surface area (Å²) in [4.78, 5) is 31.2. The van der Waals surface area contributed by atoms with Crippen LogP contribution >= 0.6 is 58.2 Å². The third-order valence-electron chi connectivity index (χ3n) is 4.04. The molecule has 1 aliphatic rings. The highest BCUT2D eigenvalue weighted by Gasteiger charge is 2.38. The first kappa shape index (κ1) is 22.2. The molecule has 152 valence electrons. The number of halogens is 4. The lowest BCUT2D eigenvalue weighted by Gasteiger charge is -2.13. The minimum absolute atomic E-state index is 0.000634. The zero-order chi connectivity index (χ0) is 21.1. The van der Waals surface area contributed by atoms with Gasteiger partial charge in [0.05, 0.1) is 25.8 Å². The summed E-state index contributed by atoms with van der Waals surface area (Å²) < 4.78 is 0. The van der Waals surface area contributed by atoms with E-state index >= 15 is 0 Å². The summed E-state index contributed by atoms with van der Waals surface area (Å²) in [6.45, 7) is 2.29. The number of benzene rings is 2. The molecule has 29 heavy (non-hydrogen) atoms. The number of carbonyl (C=O) groups is 2. The zero-order valence-corrected chi connectivity index (χ0v) is 18.9. The molecular formula is C19H15Cl4N3O2S. The van der Waals surface area contributed by atoms with E-state index < -0.39 is 5.25 Å². The van der Waals surface area contributed by atoms with Crippen molar-refractivity contribution < 1.29 is 9.59 Å². The molecule has 10 heteroatoms. The van der Waals surface area contributed by atoms with Crippen molar-refractivity contribution in [3.05, 3.63) is 56.5 Å². The molecule has 0 aliphatic carbocycles. The van der Waals surface area contributed by atoms with Crippen molar-refractivity contribution in [3.8, 4) is 0 Å². The van der Waals surface area contributed by atoms with Crippen molar-refractivity contribution in [2.45, 2.75) is 18.6 Å². The van der Waals surface area contributed by atoms with Crippen molar-refractivity contribution in [1.29, 1.82) is 0 Å². The fourth-order valence-electron chi connectivity index (χ4n) is 2.64. The van der Waals surface area contributed by atoms with E-state index in [1.54, 1.807) is 41.3 Å². The number of hydrogen-bond donors (Lipinski definition) is 1. The van der Waals surface area contributed by atoms with Crippen molar-refractivity contribution in [3.63, 3.8) is 0 Å². The number of nitrogens with one attached hydrogen (secondary N) is 1. The molecule has 2 amide bonds. The first-order valence-electron chi connectivity index (χ1n) is 8.55. The van der Waals surface area contributed by atoms with E-state index in [2.05, 4.69) is 10.3 Å². The fourth-order valence-corrected chi connectivity index (χ4v) is 4.45. The summed E-state index contributed by atoms with van der Waals surface area (Å²) in [5, 5.41) is 4.21. The Morgan fingerprint density at radius 3 is 2.34 bits per heavy atom. The summed E-state index contributed by atoms with van der Waals surface area (Å²) in [5.41, 5.74) is 1.09. The van der Waals surface area contributed by atoms with Gasteiger partial charge < -0.3 is 5.32 Å². The zero-order valence-electron chi connectivity index (χ0n) is 15.1. The van der Waals surface area contributed by atoms with Crippen LogP contribution in [-0.4, -0.2) is 33.7 Å². The largest absolute Gasteiger partial charge is 0.326 e. The van der Waals surface area contributed by atoms with Crippen LogP contribution in [0.4, 0.5) is 11.4 Å². The van der Waals surface area contributed by atoms with Gasteiger partial charge >= 0.3 is 0 Å². The molecule has 1 saturated heterocycles. The topological polar surface area (TPSA) is 61.8 Å². The number of aliphatic imine (C=N–C) groups is 1. The van der Waals surface area contributed by atoms with Crippen LogP contribution in [0.2, 0.25) is 20.1 Å². The molecule has 1 heterocycles. The molecule has 1 atom stereocenters. The van der Waals surface area contributed by atoms with Gasteiger partial charge in [-0.05, 0) is 43.3 Å². The van der Waals surface area contributed by atoms with E-state index in [0.717, 1.165) is 0 Å². The summed E-state index contributed by atoms with van der Waals surface area (Å²) >= 11 is 25.1. The molecule has 5 nitrogen and oxygen atoms in total. The smallest absolute Gasteiger partial charge is 0.242 e. The number of carbonyl (C=O) groups excluding carboxylic acids is 2. The third kappa shape index (κ3) is 5.38. The second-order valence-electron chi connectivity index (χ2n) is 6.06. The number of anilines is 1. The Labute approximate surface area is 192 Å². The van der Waals surface area contributed by atoms with Gasteiger partial charge in [0.15, 0.2) is 5.17 Å². The number of amides is 2. The lowest BCUT2D eigenvalue weighted by atomic mass is 10.2. The fraction of sp³-hybridized carbons (Fsp3) is 0.211. The van der Waals surface area contributed by atoms with E-state index in [1.807, 2.05) is 6.92 Å². The number of thioether (sulfide) groups is 1. The molecule has 1 aliphatic heterocycles. The lowest BCUT2D eigenvalue weighted by Crippen LogP contribution is -2.33. The highest BCUT2D eigenvalue weighted by molar-refractivity contribution is 8.15. The van der Waals surface area contributed by atoms with Gasteiger partial charge in [-0.3, -0.25) is 14.5 Å². The second kappa shape index (κ2) is 9.58. The van der Waals surface area contributed by atoms with Crippen LogP contribution in [0.5, 0.6) is 0 Å². The molecular weight excluding hydrogens is 476 g/mol. The predicted octanol–water partition coefficient (Wildman–Crippen LogP) is 6.28. The average Bonchev–Trinajstić information content (AvgIpc) is 2.95. The van der Waals surface area contributed by atoms with E-state index in [4.69, 9.17) is 46.4 Å². The Morgan fingerprint density at radius 2 is 1.72 bits per heavy atom. The van der Waals surface area contributed by atoms with Crippen LogP contribution in [-0.2, 0) is 9.59 Å². The van der Waals surface area contributed by atoms with Gasteiger partial charge in [-0.1, -0.05) is 58.2 Å². The Morgan fingerprint density at radius 1 is 1.07 bits per heavy atom. The molecule has 0 spiro atoms. The van der Waals surface area contributed by atoms with Gasteiger partial charge in [0, 0.05) is 18.7 Å². The van der Waals surface area contributed by atoms with Gasteiger partial charge in [0.2, 0.25) is 11.8 Å². The molecule has 3 rings (SSSR count). The molecule has 2 aromatic carbocycles. The molecule has 1 unspecified atom stereocenters. The lowest BCUT2D eigenvalue weighted by molar-refractivity contribution is -0.128. The monoisotopic (exact) mass is 489 g/mol. The van der Waals surface area contributed by atoms with Gasteiger partial charge in [-0.25, -0.2) is 4.99 Å². The maximum Gasteiger partial charge on any atom is 0.242 e. The summed E-state index contributed by atoms with van der Waals surface area (Å²) in [6.07, 6.45) is 0.000634. The molecule has 0 bridgehead atoms. The average molecular weight is 491 g/mol. The minimum atomic E-state index is -0.570. The standard InChI is InChI=1S/C19H15Cl4N3O2S/c1-2-26-18(28)16(9-17(27)24-10-3-5-12(20)14(22)7-10)29-19(26)25-11-4-6-13(21)15(23)8-11/h3-8,16H,2,9H2,1H3,(H,24,27). The first-order valence-corrected chi connectivity index (χ1v) is 10.9. The molecule has 1 fully saturated rings. The Balaban J connectivity index is 1.72. The van der Waals surface area contributed by atoms with Crippen LogP contribution in [0.3, 0.4) is 0 Å². The van der Waals surface area contributed by atoms with Crippen LogP contribution in [0.15, 0.2) is 41.4 Å². The Bertz CT molecular complexity index is 999. The highest BCUT2D eigenvalue weighted by Crippen LogP contribution is 2.33. The summed E-state index contributed by atoms with van der Waals surface area (Å²) in [7, 11) is 0. The number of rotatable bonds is 5. The van der Waals surface area contributed by atoms with Crippen molar-refractivity contribution in [2.75, 3.05) is 11.9 Å². The normalized spacial score (nSPS) is 17.8. The number of nitrogens with zero attached hydrogens (tertiary/aromatic N) is 2. The maximum atomic E-state index is 12.7. The quantitative estimate of drug-likeness (QED) is 0.536. The Kier molecular flexibility index (Phi) is 7.35. The molecule has 0 saturated carbocycles. The van der Waals surface area contributed by atoms with E-state index in [0.29, 0.717) is 43.2 Å². The SMILES string of the molecule is CCN1C(=O)C(CC(=O)Nc2ccc(Cl)c(Cl)c2)SC1=Nc1ccc(Cl)c(Cl)c1. The first-order chi connectivity index (χ1) is 13.8. The number of amidine groups is 1. The highest BCUT2D eigenvalue weighted by atomic mass is 35.5. The van der Waals surface area contributed by atoms with Gasteiger partial charge in [-0.15, -0.1) is 0 Å². The maximum absolute atomic E-state index is 12.7. The molecule has 0 aromatic heterocycles. The van der Waals surface area contributed by atoms with E-state index in [-0.39, 0.29) is 18.2 Å². The second-order valence-corrected chi connectivity index (χ2v) is 8.86. The van der Waals surface area contributed by atoms with Crippen LogP contribution in [0.1, 0.15) is 13.3 Å². The van der Waals surface area contributed by atoms with Crippen LogP contribution in [0, 0.1) is 0 Å². The van der Waals surface area contributed by atoms with Crippen LogP contribution < -0.4 is 5.32 Å².